The van der Waals surface area contributed by atoms with Crippen molar-refractivity contribution in [1.29, 1.82) is 0 Å². The Balaban J connectivity index is 2.66. The number of nitrogens with zero attached hydrogens (tertiary/aromatic N) is 1. The van der Waals surface area contributed by atoms with Crippen molar-refractivity contribution in [3.63, 3.8) is 0 Å². The van der Waals surface area contributed by atoms with Gasteiger partial charge >= 0.3 is 0 Å². The minimum Gasteiger partial charge on any atom is -0.495 e. The van der Waals surface area contributed by atoms with Gasteiger partial charge in [-0.3, -0.25) is 4.99 Å². The first-order valence-electron chi connectivity index (χ1n) is 5.75. The average Bonchev–Trinajstić information content (AvgIpc) is 2.37. The summed E-state index contributed by atoms with van der Waals surface area (Å²) in [5, 5.41) is 0. The maximum atomic E-state index is 5.58. The Labute approximate surface area is 103 Å². The van der Waals surface area contributed by atoms with Crippen molar-refractivity contribution in [3.8, 4) is 5.75 Å². The predicted molar refractivity (Wildman–Crippen MR) is 71.4 cm³/mol. The van der Waals surface area contributed by atoms with E-state index in [0.717, 1.165) is 30.8 Å². The zero-order valence-corrected chi connectivity index (χ0v) is 10.5. The van der Waals surface area contributed by atoms with Gasteiger partial charge in [-0.05, 0) is 37.4 Å². The van der Waals surface area contributed by atoms with E-state index in [-0.39, 0.29) is 0 Å². The molecule has 17 heavy (non-hydrogen) atoms. The van der Waals surface area contributed by atoms with Crippen LogP contribution in [0.2, 0.25) is 0 Å². The van der Waals surface area contributed by atoms with Gasteiger partial charge in [-0.25, -0.2) is 0 Å². The fourth-order valence-electron chi connectivity index (χ4n) is 1.38. The van der Waals surface area contributed by atoms with Crippen molar-refractivity contribution in [2.75, 3.05) is 13.7 Å². The third kappa shape index (κ3) is 4.31. The van der Waals surface area contributed by atoms with Crippen LogP contribution in [0, 0.1) is 0 Å². The molecule has 0 aliphatic rings. The molecule has 0 aliphatic carbocycles. The summed E-state index contributed by atoms with van der Waals surface area (Å²) in [5.41, 5.74) is 0.961. The van der Waals surface area contributed by atoms with Crippen LogP contribution < -0.4 is 4.74 Å². The van der Waals surface area contributed by atoms with Crippen molar-refractivity contribution < 1.29 is 9.47 Å². The topological polar surface area (TPSA) is 30.8 Å². The van der Waals surface area contributed by atoms with E-state index in [9.17, 15) is 0 Å². The lowest BCUT2D eigenvalue weighted by Gasteiger charge is -2.08. The highest BCUT2D eigenvalue weighted by molar-refractivity contribution is 5.60. The van der Waals surface area contributed by atoms with Gasteiger partial charge in [0.25, 0.3) is 0 Å². The van der Waals surface area contributed by atoms with Gasteiger partial charge in [-0.1, -0.05) is 13.3 Å². The quantitative estimate of drug-likeness (QED) is 0.410. The number of ether oxygens (including phenoxy) is 2. The molecule has 3 nitrogen and oxygen atoms in total. The summed E-state index contributed by atoms with van der Waals surface area (Å²) in [6, 6.07) is 7.76. The molecule has 0 heterocycles. The molecule has 1 aromatic carbocycles. The molecule has 0 unspecified atom stereocenters. The maximum absolute atomic E-state index is 5.58. The Kier molecular flexibility index (Phi) is 5.86. The summed E-state index contributed by atoms with van der Waals surface area (Å²) < 4.78 is 10.8. The van der Waals surface area contributed by atoms with Gasteiger partial charge in [-0.2, -0.15) is 0 Å². The molecule has 0 aliphatic heterocycles. The van der Waals surface area contributed by atoms with E-state index in [0.29, 0.717) is 5.76 Å². The molecule has 1 aromatic rings. The Morgan fingerprint density at radius 2 is 2.06 bits per heavy atom. The number of aliphatic imine (C=N–C) groups is 1. The van der Waals surface area contributed by atoms with E-state index in [1.54, 1.807) is 13.3 Å². The lowest BCUT2D eigenvalue weighted by atomic mass is 10.2. The van der Waals surface area contributed by atoms with Gasteiger partial charge < -0.3 is 9.47 Å². The van der Waals surface area contributed by atoms with Crippen LogP contribution in [0.15, 0.2) is 35.5 Å². The minimum atomic E-state index is 0.695. The van der Waals surface area contributed by atoms with E-state index in [2.05, 4.69) is 18.6 Å². The van der Waals surface area contributed by atoms with Crippen molar-refractivity contribution in [2.24, 2.45) is 4.99 Å². The van der Waals surface area contributed by atoms with E-state index >= 15 is 0 Å². The van der Waals surface area contributed by atoms with E-state index in [4.69, 9.17) is 9.47 Å². The number of hydrogen-bond acceptors (Lipinski definition) is 3. The second-order valence-corrected chi connectivity index (χ2v) is 3.61. The van der Waals surface area contributed by atoms with Crippen LogP contribution in [-0.4, -0.2) is 20.4 Å². The third-order valence-electron chi connectivity index (χ3n) is 2.33. The lowest BCUT2D eigenvalue weighted by molar-refractivity contribution is 0.309. The average molecular weight is 233 g/mol. The van der Waals surface area contributed by atoms with Gasteiger partial charge in [0, 0.05) is 5.56 Å². The molecule has 0 amide bonds. The minimum absolute atomic E-state index is 0.695. The summed E-state index contributed by atoms with van der Waals surface area (Å²) >= 11 is 0. The Bertz CT molecular complexity index is 368. The second-order valence-electron chi connectivity index (χ2n) is 3.61. The molecule has 0 atom stereocenters. The summed E-state index contributed by atoms with van der Waals surface area (Å²) in [7, 11) is 1.61. The molecule has 0 N–H and O–H groups in total. The van der Waals surface area contributed by atoms with Crippen molar-refractivity contribution >= 4 is 12.5 Å². The molecule has 0 fully saturated rings. The van der Waals surface area contributed by atoms with Gasteiger partial charge in [-0.15, -0.1) is 0 Å². The molecular formula is C14H19NO2. The molecular weight excluding hydrogens is 214 g/mol. The SMILES string of the molecule is C=N/C=C(\OC)c1ccc(OCCCC)cc1. The second kappa shape index (κ2) is 7.49. The summed E-state index contributed by atoms with van der Waals surface area (Å²) in [5.74, 6) is 1.57. The van der Waals surface area contributed by atoms with Crippen LogP contribution >= 0.6 is 0 Å². The Hall–Kier alpha value is -1.77. The largest absolute Gasteiger partial charge is 0.495 e. The Morgan fingerprint density at radius 3 is 2.59 bits per heavy atom. The first-order valence-corrected chi connectivity index (χ1v) is 5.75. The van der Waals surface area contributed by atoms with Crippen molar-refractivity contribution in [2.45, 2.75) is 19.8 Å². The fraction of sp³-hybridized carbons (Fsp3) is 0.357. The first kappa shape index (κ1) is 13.3. The third-order valence-corrected chi connectivity index (χ3v) is 2.33. The highest BCUT2D eigenvalue weighted by atomic mass is 16.5. The van der Waals surface area contributed by atoms with Crippen molar-refractivity contribution in [3.05, 3.63) is 36.0 Å². The number of unbranched alkanes of at least 4 members (excludes halogenated alkanes) is 1. The molecule has 0 bridgehead atoms. The number of benzene rings is 1. The summed E-state index contributed by atoms with van der Waals surface area (Å²) in [6.07, 6.45) is 3.80. The number of methoxy groups -OCH3 is 1. The molecule has 0 saturated heterocycles. The van der Waals surface area contributed by atoms with E-state index < -0.39 is 0 Å². The van der Waals surface area contributed by atoms with Gasteiger partial charge in [0.1, 0.15) is 11.5 Å². The molecule has 3 heteroatoms. The molecule has 0 aromatic heterocycles. The predicted octanol–water partition coefficient (Wildman–Crippen LogP) is 3.51. The summed E-state index contributed by atoms with van der Waals surface area (Å²) in [4.78, 5) is 3.70. The van der Waals surface area contributed by atoms with Gasteiger partial charge in [0.05, 0.1) is 19.9 Å². The Morgan fingerprint density at radius 1 is 1.35 bits per heavy atom. The van der Waals surface area contributed by atoms with Crippen LogP contribution in [0.5, 0.6) is 5.75 Å². The zero-order valence-electron chi connectivity index (χ0n) is 10.5. The van der Waals surface area contributed by atoms with Crippen LogP contribution in [-0.2, 0) is 4.74 Å². The van der Waals surface area contributed by atoms with Crippen LogP contribution in [0.3, 0.4) is 0 Å². The van der Waals surface area contributed by atoms with E-state index in [1.807, 2.05) is 24.3 Å². The lowest BCUT2D eigenvalue weighted by Crippen LogP contribution is -1.96. The standard InChI is InChI=1S/C14H19NO2/c1-4-5-10-17-13-8-6-12(7-9-13)14(16-3)11-15-2/h6-9,11H,2,4-5,10H2,1,3H3/b14-11-. The zero-order chi connectivity index (χ0) is 12.5. The summed E-state index contributed by atoms with van der Waals surface area (Å²) in [6.45, 7) is 6.31. The van der Waals surface area contributed by atoms with Crippen molar-refractivity contribution in [1.82, 2.24) is 0 Å². The number of rotatable bonds is 7. The maximum Gasteiger partial charge on any atom is 0.144 e. The van der Waals surface area contributed by atoms with E-state index in [1.165, 1.54) is 0 Å². The van der Waals surface area contributed by atoms with Gasteiger partial charge in [0.2, 0.25) is 0 Å². The highest BCUT2D eigenvalue weighted by Crippen LogP contribution is 2.19. The normalized spacial score (nSPS) is 11.1. The fourth-order valence-corrected chi connectivity index (χ4v) is 1.38. The van der Waals surface area contributed by atoms with Crippen LogP contribution in [0.4, 0.5) is 0 Å². The molecule has 0 saturated carbocycles. The van der Waals surface area contributed by atoms with Gasteiger partial charge in [0.15, 0.2) is 0 Å². The number of hydrogen-bond donors (Lipinski definition) is 0. The monoisotopic (exact) mass is 233 g/mol. The smallest absolute Gasteiger partial charge is 0.144 e. The first-order chi connectivity index (χ1) is 8.31. The van der Waals surface area contributed by atoms with Crippen LogP contribution in [0.1, 0.15) is 25.3 Å². The molecule has 92 valence electrons. The molecule has 1 rings (SSSR count). The molecule has 0 spiro atoms. The van der Waals surface area contributed by atoms with Crippen LogP contribution in [0.25, 0.3) is 5.76 Å². The highest BCUT2D eigenvalue weighted by Gasteiger charge is 2.01. The molecule has 0 radical (unpaired) electrons.